The number of hydrogen-bond acceptors (Lipinski definition) is 4. The van der Waals surface area contributed by atoms with Gasteiger partial charge in [0.1, 0.15) is 5.82 Å². The molecular formula is C25H30FN3O4S. The van der Waals surface area contributed by atoms with Gasteiger partial charge in [0.05, 0.1) is 4.90 Å². The van der Waals surface area contributed by atoms with E-state index in [1.807, 2.05) is 17.0 Å². The molecule has 34 heavy (non-hydrogen) atoms. The summed E-state index contributed by atoms with van der Waals surface area (Å²) >= 11 is 0. The first-order chi connectivity index (χ1) is 16.2. The molecule has 2 aromatic carbocycles. The van der Waals surface area contributed by atoms with Crippen LogP contribution < -0.4 is 5.32 Å². The molecule has 0 heterocycles. The molecule has 0 saturated heterocycles. The fraction of sp³-hybridized carbons (Fsp3) is 0.440. The second-order valence-corrected chi connectivity index (χ2v) is 11.1. The molecule has 0 radical (unpaired) electrons. The summed E-state index contributed by atoms with van der Waals surface area (Å²) < 4.78 is 39.6. The first-order valence-electron chi connectivity index (χ1n) is 11.7. The van der Waals surface area contributed by atoms with E-state index >= 15 is 0 Å². The quantitative estimate of drug-likeness (QED) is 0.527. The highest BCUT2D eigenvalue weighted by Gasteiger charge is 2.32. The predicted octanol–water partition coefficient (Wildman–Crippen LogP) is 3.31. The zero-order valence-corrected chi connectivity index (χ0v) is 20.1. The lowest BCUT2D eigenvalue weighted by Gasteiger charge is -2.23. The van der Waals surface area contributed by atoms with E-state index in [1.54, 1.807) is 12.1 Å². The maximum atomic E-state index is 13.1. The SMILES string of the molecule is CN(CCCC(=O)N(Cc1ccc(C(=O)NC2CC2)cc1)C1CC1)S(=O)(=O)c1ccc(F)cc1. The fourth-order valence-electron chi connectivity index (χ4n) is 3.76. The van der Waals surface area contributed by atoms with E-state index in [2.05, 4.69) is 5.32 Å². The van der Waals surface area contributed by atoms with Crippen LogP contribution >= 0.6 is 0 Å². The third kappa shape index (κ3) is 6.21. The van der Waals surface area contributed by atoms with Gasteiger partial charge in [0, 0.05) is 44.2 Å². The molecule has 0 bridgehead atoms. The lowest BCUT2D eigenvalue weighted by Crippen LogP contribution is -2.34. The third-order valence-corrected chi connectivity index (χ3v) is 8.05. The molecule has 0 atom stereocenters. The van der Waals surface area contributed by atoms with Crippen LogP contribution in [0.2, 0.25) is 0 Å². The van der Waals surface area contributed by atoms with Gasteiger partial charge in [-0.3, -0.25) is 9.59 Å². The number of halogens is 1. The van der Waals surface area contributed by atoms with Crippen LogP contribution in [-0.2, 0) is 21.4 Å². The molecule has 0 aromatic heterocycles. The zero-order chi connectivity index (χ0) is 24.3. The summed E-state index contributed by atoms with van der Waals surface area (Å²) in [5.41, 5.74) is 1.57. The van der Waals surface area contributed by atoms with Crippen molar-refractivity contribution in [2.24, 2.45) is 0 Å². The average Bonchev–Trinajstić information content (AvgIpc) is 3.73. The van der Waals surface area contributed by atoms with Gasteiger partial charge in [0.25, 0.3) is 5.91 Å². The van der Waals surface area contributed by atoms with E-state index in [4.69, 9.17) is 0 Å². The van der Waals surface area contributed by atoms with E-state index < -0.39 is 15.8 Å². The molecule has 0 unspecified atom stereocenters. The Bertz CT molecular complexity index is 1130. The van der Waals surface area contributed by atoms with Crippen LogP contribution in [0.15, 0.2) is 53.4 Å². The summed E-state index contributed by atoms with van der Waals surface area (Å²) in [4.78, 5) is 27.0. The molecule has 2 saturated carbocycles. The van der Waals surface area contributed by atoms with Gasteiger partial charge in [-0.1, -0.05) is 12.1 Å². The van der Waals surface area contributed by atoms with Gasteiger partial charge in [-0.25, -0.2) is 17.1 Å². The van der Waals surface area contributed by atoms with Crippen molar-refractivity contribution in [1.29, 1.82) is 0 Å². The zero-order valence-electron chi connectivity index (χ0n) is 19.2. The minimum Gasteiger partial charge on any atom is -0.349 e. The van der Waals surface area contributed by atoms with Crippen molar-refractivity contribution in [3.05, 3.63) is 65.5 Å². The molecule has 2 fully saturated rings. The molecule has 2 aromatic rings. The second-order valence-electron chi connectivity index (χ2n) is 9.08. The van der Waals surface area contributed by atoms with Gasteiger partial charge < -0.3 is 10.2 Å². The maximum absolute atomic E-state index is 13.1. The number of nitrogens with one attached hydrogen (secondary N) is 1. The number of amides is 2. The Labute approximate surface area is 200 Å². The van der Waals surface area contributed by atoms with Crippen molar-refractivity contribution in [3.63, 3.8) is 0 Å². The molecule has 2 aliphatic rings. The van der Waals surface area contributed by atoms with E-state index in [0.29, 0.717) is 24.6 Å². The minimum atomic E-state index is -3.73. The second kappa shape index (κ2) is 10.2. The van der Waals surface area contributed by atoms with Crippen molar-refractivity contribution >= 4 is 21.8 Å². The molecule has 1 N–H and O–H groups in total. The normalized spacial score (nSPS) is 15.9. The van der Waals surface area contributed by atoms with Crippen molar-refractivity contribution in [3.8, 4) is 0 Å². The van der Waals surface area contributed by atoms with E-state index in [9.17, 15) is 22.4 Å². The van der Waals surface area contributed by atoms with Crippen molar-refractivity contribution < 1.29 is 22.4 Å². The summed E-state index contributed by atoms with van der Waals surface area (Å²) in [7, 11) is -2.27. The maximum Gasteiger partial charge on any atom is 0.251 e. The first-order valence-corrected chi connectivity index (χ1v) is 13.1. The Morgan fingerprint density at radius 1 is 1.00 bits per heavy atom. The van der Waals surface area contributed by atoms with Crippen LogP contribution in [0.25, 0.3) is 0 Å². The van der Waals surface area contributed by atoms with Crippen LogP contribution in [-0.4, -0.2) is 55.1 Å². The van der Waals surface area contributed by atoms with Crippen LogP contribution in [0.1, 0.15) is 54.4 Å². The highest BCUT2D eigenvalue weighted by molar-refractivity contribution is 7.89. The molecule has 7 nitrogen and oxygen atoms in total. The smallest absolute Gasteiger partial charge is 0.251 e. The Hall–Kier alpha value is -2.78. The van der Waals surface area contributed by atoms with E-state index in [-0.39, 0.29) is 35.7 Å². The highest BCUT2D eigenvalue weighted by Crippen LogP contribution is 2.29. The van der Waals surface area contributed by atoms with Crippen LogP contribution in [0, 0.1) is 5.82 Å². The largest absolute Gasteiger partial charge is 0.349 e. The average molecular weight is 488 g/mol. The van der Waals surface area contributed by atoms with Gasteiger partial charge in [0.2, 0.25) is 15.9 Å². The van der Waals surface area contributed by atoms with Crippen LogP contribution in [0.3, 0.4) is 0 Å². The number of benzene rings is 2. The van der Waals surface area contributed by atoms with E-state index in [1.165, 1.54) is 23.5 Å². The summed E-state index contributed by atoms with van der Waals surface area (Å²) in [6.45, 7) is 0.659. The summed E-state index contributed by atoms with van der Waals surface area (Å²) in [6, 6.07) is 12.6. The molecule has 2 amide bonds. The molecule has 0 aliphatic heterocycles. The Morgan fingerprint density at radius 2 is 1.65 bits per heavy atom. The number of carbonyl (C=O) groups excluding carboxylic acids is 2. The highest BCUT2D eigenvalue weighted by atomic mass is 32.2. The third-order valence-electron chi connectivity index (χ3n) is 6.18. The number of carbonyl (C=O) groups is 2. The Balaban J connectivity index is 1.29. The van der Waals surface area contributed by atoms with Crippen LogP contribution in [0.4, 0.5) is 4.39 Å². The van der Waals surface area contributed by atoms with Gasteiger partial charge in [-0.05, 0) is 74.1 Å². The monoisotopic (exact) mass is 487 g/mol. The summed E-state index contributed by atoms with van der Waals surface area (Å²) in [5, 5.41) is 2.97. The number of nitrogens with zero attached hydrogens (tertiary/aromatic N) is 2. The van der Waals surface area contributed by atoms with Crippen molar-refractivity contribution in [2.75, 3.05) is 13.6 Å². The van der Waals surface area contributed by atoms with E-state index in [0.717, 1.165) is 43.4 Å². The number of rotatable bonds is 11. The minimum absolute atomic E-state index is 0.00867. The Kier molecular flexibility index (Phi) is 7.33. The van der Waals surface area contributed by atoms with Crippen molar-refractivity contribution in [1.82, 2.24) is 14.5 Å². The summed E-state index contributed by atoms with van der Waals surface area (Å²) in [5.74, 6) is -0.571. The molecular weight excluding hydrogens is 457 g/mol. The van der Waals surface area contributed by atoms with Gasteiger partial charge in [0.15, 0.2) is 0 Å². The summed E-state index contributed by atoms with van der Waals surface area (Å²) in [6.07, 6.45) is 4.63. The molecule has 182 valence electrons. The van der Waals surface area contributed by atoms with Crippen molar-refractivity contribution in [2.45, 2.75) is 62.0 Å². The topological polar surface area (TPSA) is 86.8 Å². The molecule has 0 spiro atoms. The number of hydrogen-bond donors (Lipinski definition) is 1. The molecule has 4 rings (SSSR count). The van der Waals surface area contributed by atoms with Gasteiger partial charge in [-0.2, -0.15) is 0 Å². The predicted molar refractivity (Wildman–Crippen MR) is 126 cm³/mol. The lowest BCUT2D eigenvalue weighted by atomic mass is 10.1. The fourth-order valence-corrected chi connectivity index (χ4v) is 4.97. The first kappa shape index (κ1) is 24.3. The van der Waals surface area contributed by atoms with Crippen LogP contribution in [0.5, 0.6) is 0 Å². The Morgan fingerprint density at radius 3 is 2.24 bits per heavy atom. The standard InChI is InChI=1S/C25H30FN3O4S/c1-28(34(32,33)23-14-8-20(26)9-15-23)16-2-3-24(30)29(22-12-13-22)17-18-4-6-19(7-5-18)25(31)27-21-10-11-21/h4-9,14-15,21-22H,2-3,10-13,16-17H2,1H3,(H,27,31). The number of sulfonamides is 1. The molecule has 9 heteroatoms. The van der Waals surface area contributed by atoms with Gasteiger partial charge in [-0.15, -0.1) is 0 Å². The lowest BCUT2D eigenvalue weighted by molar-refractivity contribution is -0.132. The van der Waals surface area contributed by atoms with Gasteiger partial charge >= 0.3 is 0 Å². The molecule has 2 aliphatic carbocycles.